The van der Waals surface area contributed by atoms with Crippen LogP contribution in [0.15, 0.2) is 33.6 Å². The Hall–Kier alpha value is -0.890. The lowest BCUT2D eigenvalue weighted by atomic mass is 10.2. The van der Waals surface area contributed by atoms with E-state index in [9.17, 15) is 8.42 Å². The third kappa shape index (κ3) is 3.22. The summed E-state index contributed by atoms with van der Waals surface area (Å²) < 4.78 is 28.2. The van der Waals surface area contributed by atoms with Crippen LogP contribution in [-0.4, -0.2) is 8.42 Å². The number of sulfonamides is 1. The number of thiophene rings is 1. The predicted octanol–water partition coefficient (Wildman–Crippen LogP) is 3.39. The fourth-order valence-corrected chi connectivity index (χ4v) is 4.87. The molecule has 1 heterocycles. The molecule has 2 aromatic rings. The summed E-state index contributed by atoms with van der Waals surface area (Å²) in [5.41, 5.74) is 7.07. The minimum atomic E-state index is -3.60. The van der Waals surface area contributed by atoms with Crippen LogP contribution in [0.1, 0.15) is 15.3 Å². The first-order valence-corrected chi connectivity index (χ1v) is 9.01. The average molecular weight is 375 g/mol. The van der Waals surface area contributed by atoms with Crippen molar-refractivity contribution in [2.75, 3.05) is 4.72 Å². The smallest absolute Gasteiger partial charge is 0.263 e. The first-order valence-electron chi connectivity index (χ1n) is 5.92. The molecule has 0 aliphatic rings. The zero-order valence-electron chi connectivity index (χ0n) is 11.1. The second kappa shape index (κ2) is 5.85. The van der Waals surface area contributed by atoms with E-state index in [0.29, 0.717) is 16.7 Å². The minimum absolute atomic E-state index is 0.288. The lowest BCUT2D eigenvalue weighted by Gasteiger charge is -2.10. The number of halogens is 1. The van der Waals surface area contributed by atoms with Crippen molar-refractivity contribution in [1.82, 2.24) is 0 Å². The van der Waals surface area contributed by atoms with Crippen molar-refractivity contribution < 1.29 is 8.42 Å². The number of nitrogens with two attached hydrogens (primary N) is 1. The number of aryl methyl sites for hydroxylation is 2. The average Bonchev–Trinajstić information content (AvgIpc) is 2.76. The van der Waals surface area contributed by atoms with E-state index in [4.69, 9.17) is 5.73 Å². The van der Waals surface area contributed by atoms with Crippen LogP contribution in [-0.2, 0) is 16.6 Å². The molecule has 7 heteroatoms. The summed E-state index contributed by atoms with van der Waals surface area (Å²) >= 11 is 4.75. The molecule has 0 aliphatic carbocycles. The van der Waals surface area contributed by atoms with Gasteiger partial charge in [0.15, 0.2) is 0 Å². The van der Waals surface area contributed by atoms with Crippen LogP contribution in [0, 0.1) is 13.8 Å². The van der Waals surface area contributed by atoms with Gasteiger partial charge in [-0.05, 0) is 53.5 Å². The zero-order valence-corrected chi connectivity index (χ0v) is 14.3. The molecule has 0 saturated carbocycles. The minimum Gasteiger partial charge on any atom is -0.326 e. The summed E-state index contributed by atoms with van der Waals surface area (Å²) in [5.74, 6) is 0. The van der Waals surface area contributed by atoms with Crippen LogP contribution >= 0.6 is 27.3 Å². The molecule has 0 fully saturated rings. The van der Waals surface area contributed by atoms with Crippen LogP contribution in [0.25, 0.3) is 0 Å². The molecular weight excluding hydrogens is 360 g/mol. The van der Waals surface area contributed by atoms with E-state index in [2.05, 4.69) is 20.7 Å². The Bertz CT molecular complexity index is 739. The van der Waals surface area contributed by atoms with Crippen molar-refractivity contribution in [2.24, 2.45) is 5.73 Å². The number of benzene rings is 1. The molecule has 0 spiro atoms. The van der Waals surface area contributed by atoms with Gasteiger partial charge in [-0.25, -0.2) is 8.42 Å². The summed E-state index contributed by atoms with van der Waals surface area (Å²) in [7, 11) is -3.60. The Kier molecular flexibility index (Phi) is 4.53. The fourth-order valence-electron chi connectivity index (χ4n) is 1.81. The highest BCUT2D eigenvalue weighted by molar-refractivity contribution is 9.10. The van der Waals surface area contributed by atoms with Crippen LogP contribution in [0.4, 0.5) is 5.69 Å². The molecule has 0 radical (unpaired) electrons. The van der Waals surface area contributed by atoms with Crippen molar-refractivity contribution in [3.63, 3.8) is 0 Å². The molecular formula is C13H15BrN2O2S2. The Morgan fingerprint density at radius 1 is 1.30 bits per heavy atom. The Balaban J connectivity index is 2.40. The quantitative estimate of drug-likeness (QED) is 0.861. The van der Waals surface area contributed by atoms with Crippen LogP contribution < -0.4 is 10.5 Å². The van der Waals surface area contributed by atoms with Gasteiger partial charge in [0, 0.05) is 20.8 Å². The van der Waals surface area contributed by atoms with Crippen molar-refractivity contribution in [3.8, 4) is 0 Å². The summed E-state index contributed by atoms with van der Waals surface area (Å²) in [4.78, 5) is 1.88. The lowest BCUT2D eigenvalue weighted by Crippen LogP contribution is -2.13. The number of nitrogens with one attached hydrogen (secondary N) is 1. The van der Waals surface area contributed by atoms with E-state index in [0.717, 1.165) is 15.3 Å². The van der Waals surface area contributed by atoms with E-state index in [1.54, 1.807) is 19.1 Å². The third-order valence-corrected chi connectivity index (χ3v) is 6.17. The van der Waals surface area contributed by atoms with Gasteiger partial charge in [-0.2, -0.15) is 0 Å². The van der Waals surface area contributed by atoms with Gasteiger partial charge in [0.25, 0.3) is 10.0 Å². The Morgan fingerprint density at radius 3 is 2.60 bits per heavy atom. The molecule has 0 aliphatic heterocycles. The maximum Gasteiger partial charge on any atom is 0.263 e. The second-order valence-electron chi connectivity index (χ2n) is 4.43. The van der Waals surface area contributed by atoms with E-state index in [1.165, 1.54) is 11.3 Å². The van der Waals surface area contributed by atoms with E-state index < -0.39 is 10.0 Å². The van der Waals surface area contributed by atoms with Crippen molar-refractivity contribution in [2.45, 2.75) is 25.3 Å². The van der Waals surface area contributed by atoms with Gasteiger partial charge in [0.05, 0.1) is 5.69 Å². The molecule has 0 bridgehead atoms. The first-order chi connectivity index (χ1) is 9.33. The molecule has 4 nitrogen and oxygen atoms in total. The highest BCUT2D eigenvalue weighted by Crippen LogP contribution is 2.30. The number of hydrogen-bond donors (Lipinski definition) is 2. The largest absolute Gasteiger partial charge is 0.326 e. The number of anilines is 1. The molecule has 20 heavy (non-hydrogen) atoms. The number of hydrogen-bond acceptors (Lipinski definition) is 4. The lowest BCUT2D eigenvalue weighted by molar-refractivity contribution is 0.601. The molecule has 108 valence electrons. The van der Waals surface area contributed by atoms with Crippen molar-refractivity contribution in [1.29, 1.82) is 0 Å². The third-order valence-electron chi connectivity index (χ3n) is 2.78. The standard InChI is InChI=1S/C13H15BrN2O2S2/c1-8-3-4-11(14)12(5-8)16-20(17,18)13-6-10(7-15)19-9(13)2/h3-6,16H,7,15H2,1-2H3. The van der Waals surface area contributed by atoms with Gasteiger partial charge in [-0.1, -0.05) is 6.07 Å². The first kappa shape index (κ1) is 15.5. The normalized spacial score (nSPS) is 11.6. The highest BCUT2D eigenvalue weighted by atomic mass is 79.9. The van der Waals surface area contributed by atoms with Gasteiger partial charge in [-0.15, -0.1) is 11.3 Å². The molecule has 2 rings (SSSR count). The van der Waals surface area contributed by atoms with E-state index >= 15 is 0 Å². The molecule has 3 N–H and O–H groups in total. The molecule has 1 aromatic heterocycles. The highest BCUT2D eigenvalue weighted by Gasteiger charge is 2.20. The van der Waals surface area contributed by atoms with Gasteiger partial charge < -0.3 is 5.73 Å². The molecule has 0 saturated heterocycles. The van der Waals surface area contributed by atoms with Crippen molar-refractivity contribution >= 4 is 43.0 Å². The Labute approximate surface area is 131 Å². The zero-order chi connectivity index (χ0) is 14.9. The summed E-state index contributed by atoms with van der Waals surface area (Å²) in [6.07, 6.45) is 0. The fraction of sp³-hybridized carbons (Fsp3) is 0.231. The van der Waals surface area contributed by atoms with Gasteiger partial charge in [-0.3, -0.25) is 4.72 Å². The summed E-state index contributed by atoms with van der Waals surface area (Å²) in [6.45, 7) is 4.03. The Morgan fingerprint density at radius 2 is 2.00 bits per heavy atom. The predicted molar refractivity (Wildman–Crippen MR) is 86.6 cm³/mol. The van der Waals surface area contributed by atoms with Gasteiger partial charge >= 0.3 is 0 Å². The second-order valence-corrected chi connectivity index (χ2v) is 8.27. The maximum atomic E-state index is 12.4. The topological polar surface area (TPSA) is 72.2 Å². The summed E-state index contributed by atoms with van der Waals surface area (Å²) in [6, 6.07) is 7.14. The van der Waals surface area contributed by atoms with Crippen molar-refractivity contribution in [3.05, 3.63) is 44.1 Å². The van der Waals surface area contributed by atoms with Crippen LogP contribution in [0.5, 0.6) is 0 Å². The molecule has 0 amide bonds. The monoisotopic (exact) mass is 374 g/mol. The van der Waals surface area contributed by atoms with Crippen LogP contribution in [0.2, 0.25) is 0 Å². The van der Waals surface area contributed by atoms with E-state index in [-0.39, 0.29) is 4.90 Å². The van der Waals surface area contributed by atoms with Crippen LogP contribution in [0.3, 0.4) is 0 Å². The maximum absolute atomic E-state index is 12.4. The van der Waals surface area contributed by atoms with Gasteiger partial charge in [0.2, 0.25) is 0 Å². The summed E-state index contributed by atoms with van der Waals surface area (Å²) in [5, 5.41) is 0. The van der Waals surface area contributed by atoms with E-state index in [1.807, 2.05) is 19.1 Å². The molecule has 0 unspecified atom stereocenters. The van der Waals surface area contributed by atoms with Gasteiger partial charge in [0.1, 0.15) is 4.90 Å². The SMILES string of the molecule is Cc1ccc(Br)c(NS(=O)(=O)c2cc(CN)sc2C)c1. The molecule has 1 aromatic carbocycles. The number of rotatable bonds is 4. The molecule has 0 atom stereocenters.